The van der Waals surface area contributed by atoms with Crippen LogP contribution in [0.4, 0.5) is 23.4 Å². The first kappa shape index (κ1) is 17.9. The molecule has 1 aliphatic carbocycles. The van der Waals surface area contributed by atoms with Crippen LogP contribution in [0.1, 0.15) is 30.7 Å². The highest BCUT2D eigenvalue weighted by Gasteiger charge is 2.27. The van der Waals surface area contributed by atoms with Crippen LogP contribution in [-0.2, 0) is 4.74 Å². The first-order valence-electron chi connectivity index (χ1n) is 9.56. The van der Waals surface area contributed by atoms with Gasteiger partial charge in [0.1, 0.15) is 5.82 Å². The molecular weight excluding hydrogens is 344 g/mol. The molecule has 144 valence electrons. The van der Waals surface area contributed by atoms with Crippen LogP contribution in [-0.4, -0.2) is 59.3 Å². The third kappa shape index (κ3) is 4.61. The lowest BCUT2D eigenvalue weighted by Gasteiger charge is -2.26. The summed E-state index contributed by atoms with van der Waals surface area (Å²) in [6.07, 6.45) is 8.76. The maximum Gasteiger partial charge on any atom is 0.229 e. The molecule has 2 aliphatic rings. The molecule has 2 aromatic heterocycles. The summed E-state index contributed by atoms with van der Waals surface area (Å²) in [6.45, 7) is 4.53. The van der Waals surface area contributed by atoms with Gasteiger partial charge in [-0.1, -0.05) is 0 Å². The van der Waals surface area contributed by atoms with Gasteiger partial charge in [0.25, 0.3) is 0 Å². The number of ether oxygens (including phenoxy) is 1. The molecule has 3 heterocycles. The van der Waals surface area contributed by atoms with Crippen molar-refractivity contribution in [1.82, 2.24) is 19.9 Å². The molecule has 2 fully saturated rings. The first-order valence-corrected chi connectivity index (χ1v) is 9.56. The van der Waals surface area contributed by atoms with Crippen LogP contribution in [0.25, 0.3) is 0 Å². The quantitative estimate of drug-likeness (QED) is 0.594. The Balaban J connectivity index is 1.44. The number of nitrogens with two attached hydrogens (primary N) is 1. The second-order valence-corrected chi connectivity index (χ2v) is 6.84. The van der Waals surface area contributed by atoms with Crippen molar-refractivity contribution in [2.24, 2.45) is 5.73 Å². The summed E-state index contributed by atoms with van der Waals surface area (Å²) >= 11 is 0. The van der Waals surface area contributed by atoms with Crippen molar-refractivity contribution in [2.45, 2.75) is 25.2 Å². The summed E-state index contributed by atoms with van der Waals surface area (Å²) in [6, 6.07) is 0. The predicted octanol–water partition coefficient (Wildman–Crippen LogP) is 1.48. The summed E-state index contributed by atoms with van der Waals surface area (Å²) in [7, 11) is 0. The number of rotatable bonds is 8. The first-order chi connectivity index (χ1) is 13.3. The lowest BCUT2D eigenvalue weighted by Crippen LogP contribution is -2.37. The molecule has 1 aliphatic heterocycles. The van der Waals surface area contributed by atoms with E-state index in [0.29, 0.717) is 31.6 Å². The Morgan fingerprint density at radius 3 is 2.59 bits per heavy atom. The fourth-order valence-corrected chi connectivity index (χ4v) is 3.04. The average molecular weight is 370 g/mol. The SMILES string of the molecule is NCCCNc1nc(Nc2cnc(N3CCOCC3)nc2)ncc1C1CC1. The van der Waals surface area contributed by atoms with E-state index in [9.17, 15) is 0 Å². The Kier molecular flexibility index (Phi) is 5.59. The molecule has 0 spiro atoms. The summed E-state index contributed by atoms with van der Waals surface area (Å²) in [5.41, 5.74) is 7.55. The molecule has 0 aromatic carbocycles. The van der Waals surface area contributed by atoms with E-state index in [-0.39, 0.29) is 0 Å². The van der Waals surface area contributed by atoms with E-state index in [0.717, 1.165) is 43.5 Å². The highest BCUT2D eigenvalue weighted by molar-refractivity contribution is 5.56. The number of morpholine rings is 1. The highest BCUT2D eigenvalue weighted by Crippen LogP contribution is 2.42. The van der Waals surface area contributed by atoms with E-state index in [2.05, 4.69) is 35.5 Å². The molecule has 0 radical (unpaired) electrons. The molecule has 0 atom stereocenters. The van der Waals surface area contributed by atoms with Gasteiger partial charge in [0, 0.05) is 31.4 Å². The summed E-state index contributed by atoms with van der Waals surface area (Å²) in [4.78, 5) is 20.1. The lowest BCUT2D eigenvalue weighted by molar-refractivity contribution is 0.122. The molecule has 0 bridgehead atoms. The Hall–Kier alpha value is -2.52. The van der Waals surface area contributed by atoms with Crippen molar-refractivity contribution in [3.8, 4) is 0 Å². The summed E-state index contributed by atoms with van der Waals surface area (Å²) < 4.78 is 5.36. The van der Waals surface area contributed by atoms with Gasteiger partial charge in [0.15, 0.2) is 0 Å². The molecule has 4 N–H and O–H groups in total. The number of anilines is 4. The van der Waals surface area contributed by atoms with Crippen LogP contribution < -0.4 is 21.3 Å². The number of hydrogen-bond acceptors (Lipinski definition) is 9. The maximum absolute atomic E-state index is 5.59. The Labute approximate surface area is 158 Å². The van der Waals surface area contributed by atoms with Gasteiger partial charge < -0.3 is 26.0 Å². The predicted molar refractivity (Wildman–Crippen MR) is 105 cm³/mol. The molecule has 9 heteroatoms. The van der Waals surface area contributed by atoms with E-state index >= 15 is 0 Å². The molecule has 1 saturated carbocycles. The van der Waals surface area contributed by atoms with Gasteiger partial charge in [-0.2, -0.15) is 4.98 Å². The van der Waals surface area contributed by atoms with Crippen molar-refractivity contribution in [3.63, 3.8) is 0 Å². The average Bonchev–Trinajstić information content (AvgIpc) is 3.55. The van der Waals surface area contributed by atoms with E-state index in [1.807, 2.05) is 6.20 Å². The number of nitrogens with zero attached hydrogens (tertiary/aromatic N) is 5. The standard InChI is InChI=1S/C18H26N8O/c19-4-1-5-20-16-15(13-2-3-13)12-21-17(25-16)24-14-10-22-18(23-11-14)26-6-8-27-9-7-26/h10-13H,1-9,19H2,(H2,20,21,24,25). The Bertz CT molecular complexity index is 744. The van der Waals surface area contributed by atoms with E-state index < -0.39 is 0 Å². The van der Waals surface area contributed by atoms with Gasteiger partial charge in [-0.3, -0.25) is 0 Å². The van der Waals surface area contributed by atoms with Crippen molar-refractivity contribution < 1.29 is 4.74 Å². The van der Waals surface area contributed by atoms with Gasteiger partial charge in [-0.05, 0) is 31.7 Å². The molecule has 0 unspecified atom stereocenters. The van der Waals surface area contributed by atoms with E-state index in [1.54, 1.807) is 12.4 Å². The van der Waals surface area contributed by atoms with Crippen molar-refractivity contribution in [1.29, 1.82) is 0 Å². The van der Waals surface area contributed by atoms with Gasteiger partial charge in [-0.25, -0.2) is 15.0 Å². The third-order valence-corrected chi connectivity index (χ3v) is 4.70. The molecule has 1 saturated heterocycles. The number of aromatic nitrogens is 4. The van der Waals surface area contributed by atoms with Gasteiger partial charge >= 0.3 is 0 Å². The van der Waals surface area contributed by atoms with Crippen molar-refractivity contribution in [3.05, 3.63) is 24.2 Å². The summed E-state index contributed by atoms with van der Waals surface area (Å²) in [5.74, 6) is 2.74. The molecule has 4 rings (SSSR count). The zero-order valence-electron chi connectivity index (χ0n) is 15.4. The number of hydrogen-bond donors (Lipinski definition) is 3. The van der Waals surface area contributed by atoms with Crippen LogP contribution in [0, 0.1) is 0 Å². The van der Waals surface area contributed by atoms with Crippen LogP contribution in [0.15, 0.2) is 18.6 Å². The lowest BCUT2D eigenvalue weighted by atomic mass is 10.2. The second kappa shape index (κ2) is 8.45. The molecule has 27 heavy (non-hydrogen) atoms. The van der Waals surface area contributed by atoms with Gasteiger partial charge in [-0.15, -0.1) is 0 Å². The maximum atomic E-state index is 5.59. The highest BCUT2D eigenvalue weighted by atomic mass is 16.5. The smallest absolute Gasteiger partial charge is 0.229 e. The fraction of sp³-hybridized carbons (Fsp3) is 0.556. The molecule has 0 amide bonds. The van der Waals surface area contributed by atoms with E-state index in [4.69, 9.17) is 10.5 Å². The van der Waals surface area contributed by atoms with Crippen molar-refractivity contribution in [2.75, 3.05) is 54.9 Å². The van der Waals surface area contributed by atoms with Crippen molar-refractivity contribution >= 4 is 23.4 Å². The third-order valence-electron chi connectivity index (χ3n) is 4.70. The van der Waals surface area contributed by atoms with Crippen LogP contribution in [0.2, 0.25) is 0 Å². The van der Waals surface area contributed by atoms with Gasteiger partial charge in [0.05, 0.1) is 31.3 Å². The molecule has 9 nitrogen and oxygen atoms in total. The number of nitrogens with one attached hydrogen (secondary N) is 2. The van der Waals surface area contributed by atoms with Crippen LogP contribution in [0.5, 0.6) is 0 Å². The minimum atomic E-state index is 0.539. The zero-order valence-corrected chi connectivity index (χ0v) is 15.4. The largest absolute Gasteiger partial charge is 0.378 e. The van der Waals surface area contributed by atoms with Gasteiger partial charge in [0.2, 0.25) is 11.9 Å². The minimum Gasteiger partial charge on any atom is -0.378 e. The van der Waals surface area contributed by atoms with Crippen LogP contribution >= 0.6 is 0 Å². The summed E-state index contributed by atoms with van der Waals surface area (Å²) in [5, 5.41) is 6.59. The zero-order chi connectivity index (χ0) is 18.5. The normalized spacial score (nSPS) is 17.0. The molecule has 2 aromatic rings. The Morgan fingerprint density at radius 1 is 1.11 bits per heavy atom. The van der Waals surface area contributed by atoms with E-state index in [1.165, 1.54) is 18.4 Å². The van der Waals surface area contributed by atoms with Crippen LogP contribution in [0.3, 0.4) is 0 Å². The Morgan fingerprint density at radius 2 is 1.89 bits per heavy atom. The fourth-order valence-electron chi connectivity index (χ4n) is 3.04. The topological polar surface area (TPSA) is 114 Å². The molecular formula is C18H26N8O. The second-order valence-electron chi connectivity index (χ2n) is 6.84. The minimum absolute atomic E-state index is 0.539. The monoisotopic (exact) mass is 370 g/mol.